The Kier molecular flexibility index (Phi) is 6.34. The van der Waals surface area contributed by atoms with Gasteiger partial charge in [-0.15, -0.1) is 0 Å². The molecule has 0 radical (unpaired) electrons. The van der Waals surface area contributed by atoms with Gasteiger partial charge in [-0.2, -0.15) is 0 Å². The molecule has 0 aliphatic rings. The van der Waals surface area contributed by atoms with Crippen LogP contribution >= 0.6 is 0 Å². The Morgan fingerprint density at radius 2 is 0.647 bits per heavy atom. The Hall–Kier alpha value is -4.78. The third-order valence-corrected chi connectivity index (χ3v) is 5.59. The minimum atomic E-state index is 0.970. The van der Waals surface area contributed by atoms with E-state index in [0.29, 0.717) is 0 Å². The van der Waals surface area contributed by atoms with Crippen molar-refractivity contribution in [1.29, 1.82) is 0 Å². The smallest absolute Gasteiger partial charge is 0.0327 e. The molecule has 5 aromatic rings. The van der Waals surface area contributed by atoms with Crippen LogP contribution in [-0.4, -0.2) is 0 Å². The number of hydrogen-bond acceptors (Lipinski definition) is 0. The fourth-order valence-corrected chi connectivity index (χ4v) is 3.84. The topological polar surface area (TPSA) is 0 Å². The summed E-state index contributed by atoms with van der Waals surface area (Å²) in [6.07, 6.45) is 0. The molecule has 0 unspecified atom stereocenters. The Morgan fingerprint density at radius 1 is 0.294 bits per heavy atom. The van der Waals surface area contributed by atoms with Gasteiger partial charge in [-0.25, -0.2) is 0 Å². The molecule has 0 saturated heterocycles. The lowest BCUT2D eigenvalue weighted by atomic mass is 9.99. The van der Waals surface area contributed by atoms with Gasteiger partial charge in [0.1, 0.15) is 0 Å². The van der Waals surface area contributed by atoms with Crippen LogP contribution in [0.1, 0.15) is 22.3 Å². The summed E-state index contributed by atoms with van der Waals surface area (Å²) in [5.41, 5.74) is 8.63. The maximum absolute atomic E-state index is 3.34. The fraction of sp³-hybridized carbons (Fsp3) is 0. The molecule has 0 nitrogen and oxygen atoms in total. The van der Waals surface area contributed by atoms with Crippen LogP contribution in [0.4, 0.5) is 0 Å². The van der Waals surface area contributed by atoms with Gasteiger partial charge in [0.15, 0.2) is 0 Å². The molecule has 0 aromatic heterocycles. The van der Waals surface area contributed by atoms with Crippen molar-refractivity contribution < 1.29 is 0 Å². The lowest BCUT2D eigenvalue weighted by Crippen LogP contribution is -1.85. The van der Waals surface area contributed by atoms with E-state index >= 15 is 0 Å². The molecule has 0 N–H and O–H groups in total. The summed E-state index contributed by atoms with van der Waals surface area (Å²) in [7, 11) is 0. The summed E-state index contributed by atoms with van der Waals surface area (Å²) in [5.74, 6) is 13.3. The monoisotopic (exact) mass is 430 g/mol. The molecular weight excluding hydrogens is 408 g/mol. The lowest BCUT2D eigenvalue weighted by Gasteiger charge is -2.04. The Labute approximate surface area is 201 Å². The van der Waals surface area contributed by atoms with Crippen LogP contribution in [0.25, 0.3) is 22.3 Å². The van der Waals surface area contributed by atoms with E-state index in [9.17, 15) is 0 Å². The molecular formula is C34H22. The van der Waals surface area contributed by atoms with Crippen LogP contribution in [0, 0.1) is 23.7 Å². The third-order valence-electron chi connectivity index (χ3n) is 5.59. The highest BCUT2D eigenvalue weighted by Crippen LogP contribution is 2.23. The van der Waals surface area contributed by atoms with Crippen molar-refractivity contribution in [2.24, 2.45) is 0 Å². The molecule has 158 valence electrons. The summed E-state index contributed by atoms with van der Waals surface area (Å²) < 4.78 is 0. The predicted octanol–water partition coefficient (Wildman–Crippen LogP) is 7.82. The molecule has 0 aliphatic heterocycles. The van der Waals surface area contributed by atoms with Gasteiger partial charge >= 0.3 is 0 Å². The number of hydrogen-bond donors (Lipinski definition) is 0. The Morgan fingerprint density at radius 3 is 1.06 bits per heavy atom. The number of rotatable bonds is 2. The van der Waals surface area contributed by atoms with Crippen LogP contribution in [0.2, 0.25) is 0 Å². The summed E-state index contributed by atoms with van der Waals surface area (Å²) >= 11 is 0. The van der Waals surface area contributed by atoms with Gasteiger partial charge in [-0.1, -0.05) is 121 Å². The Balaban J connectivity index is 1.38. The highest BCUT2D eigenvalue weighted by Gasteiger charge is 2.02. The zero-order valence-corrected chi connectivity index (χ0v) is 18.7. The fourth-order valence-electron chi connectivity index (χ4n) is 3.84. The molecule has 5 aromatic carbocycles. The van der Waals surface area contributed by atoms with E-state index in [2.05, 4.69) is 109 Å². The molecule has 0 amide bonds. The summed E-state index contributed by atoms with van der Waals surface area (Å²) in [5, 5.41) is 0. The molecule has 0 spiro atoms. The average Bonchev–Trinajstić information content (AvgIpc) is 2.93. The molecule has 0 aliphatic carbocycles. The van der Waals surface area contributed by atoms with E-state index in [1.165, 1.54) is 11.1 Å². The zero-order chi connectivity index (χ0) is 23.0. The maximum atomic E-state index is 3.34. The minimum absolute atomic E-state index is 0.970. The van der Waals surface area contributed by atoms with Crippen molar-refractivity contribution in [3.8, 4) is 45.9 Å². The standard InChI is InChI=1S/C34H22/c1-3-11-29(12-4-1)33-17-9-7-15-31(33)25-23-27-19-21-28(22-20-27)24-26-32-16-8-10-18-34(32)30-13-5-2-6-14-30/h1-22H. The number of benzene rings is 5. The van der Waals surface area contributed by atoms with Crippen molar-refractivity contribution >= 4 is 0 Å². The van der Waals surface area contributed by atoms with Crippen molar-refractivity contribution in [2.45, 2.75) is 0 Å². The van der Waals surface area contributed by atoms with E-state index in [0.717, 1.165) is 33.4 Å². The Bertz CT molecular complexity index is 1400. The minimum Gasteiger partial charge on any atom is -0.0622 e. The molecule has 0 heteroatoms. The molecule has 5 rings (SSSR count). The molecule has 0 bridgehead atoms. The van der Waals surface area contributed by atoms with Crippen LogP contribution in [0.15, 0.2) is 133 Å². The maximum Gasteiger partial charge on any atom is 0.0327 e. The highest BCUT2D eigenvalue weighted by atomic mass is 14.1. The van der Waals surface area contributed by atoms with Gasteiger partial charge < -0.3 is 0 Å². The van der Waals surface area contributed by atoms with Crippen LogP contribution < -0.4 is 0 Å². The van der Waals surface area contributed by atoms with Crippen molar-refractivity contribution in [3.63, 3.8) is 0 Å². The summed E-state index contributed by atoms with van der Waals surface area (Å²) in [4.78, 5) is 0. The third kappa shape index (κ3) is 4.99. The molecule has 0 fully saturated rings. The lowest BCUT2D eigenvalue weighted by molar-refractivity contribution is 1.57. The SMILES string of the molecule is C(#Cc1ccccc1-c1ccccc1)c1ccc(C#Cc2ccccc2-c2ccccc2)cc1. The second-order valence-electron chi connectivity index (χ2n) is 7.90. The van der Waals surface area contributed by atoms with Crippen molar-refractivity contribution in [3.05, 3.63) is 156 Å². The predicted molar refractivity (Wildman–Crippen MR) is 142 cm³/mol. The molecule has 34 heavy (non-hydrogen) atoms. The van der Waals surface area contributed by atoms with E-state index in [1.807, 2.05) is 48.5 Å². The van der Waals surface area contributed by atoms with Gasteiger partial charge in [0, 0.05) is 22.3 Å². The first kappa shape index (κ1) is 21.1. The van der Waals surface area contributed by atoms with Gasteiger partial charge in [0.25, 0.3) is 0 Å². The molecule has 0 saturated carbocycles. The van der Waals surface area contributed by atoms with E-state index in [-0.39, 0.29) is 0 Å². The molecule has 0 atom stereocenters. The first-order valence-corrected chi connectivity index (χ1v) is 11.3. The van der Waals surface area contributed by atoms with Crippen LogP contribution in [0.5, 0.6) is 0 Å². The van der Waals surface area contributed by atoms with Gasteiger partial charge in [-0.3, -0.25) is 0 Å². The largest absolute Gasteiger partial charge is 0.0622 e. The highest BCUT2D eigenvalue weighted by molar-refractivity contribution is 5.72. The van der Waals surface area contributed by atoms with E-state index in [1.54, 1.807) is 0 Å². The zero-order valence-electron chi connectivity index (χ0n) is 18.7. The second kappa shape index (κ2) is 10.2. The normalized spacial score (nSPS) is 9.88. The van der Waals surface area contributed by atoms with Crippen molar-refractivity contribution in [1.82, 2.24) is 0 Å². The quantitative estimate of drug-likeness (QED) is 0.250. The first-order chi connectivity index (χ1) is 16.9. The van der Waals surface area contributed by atoms with Crippen LogP contribution in [-0.2, 0) is 0 Å². The summed E-state index contributed by atoms with van der Waals surface area (Å²) in [6.45, 7) is 0. The van der Waals surface area contributed by atoms with Gasteiger partial charge in [0.2, 0.25) is 0 Å². The summed E-state index contributed by atoms with van der Waals surface area (Å²) in [6, 6.07) is 45.4. The van der Waals surface area contributed by atoms with Gasteiger partial charge in [-0.05, 0) is 58.7 Å². The van der Waals surface area contributed by atoms with Gasteiger partial charge in [0.05, 0.1) is 0 Å². The average molecular weight is 431 g/mol. The first-order valence-electron chi connectivity index (χ1n) is 11.3. The van der Waals surface area contributed by atoms with Crippen molar-refractivity contribution in [2.75, 3.05) is 0 Å². The van der Waals surface area contributed by atoms with E-state index in [4.69, 9.17) is 0 Å². The van der Waals surface area contributed by atoms with E-state index < -0.39 is 0 Å². The van der Waals surface area contributed by atoms with Crippen LogP contribution in [0.3, 0.4) is 0 Å². The second-order valence-corrected chi connectivity index (χ2v) is 7.90. The molecule has 0 heterocycles.